The Morgan fingerprint density at radius 2 is 2.20 bits per heavy atom. The van der Waals surface area contributed by atoms with Crippen LogP contribution in [0.25, 0.3) is 0 Å². The van der Waals surface area contributed by atoms with E-state index in [2.05, 4.69) is 19.9 Å². The standard InChI is InChI=1S/C13H16N6O/c1-9-12(13-16-4-6-20-13)17-10(14)7-19(9)8-11-15-3-5-18(11)2/h3-7,9H,8,14H2,1-2H3. The van der Waals surface area contributed by atoms with Gasteiger partial charge in [0.1, 0.15) is 23.6 Å². The average Bonchev–Trinajstić information content (AvgIpc) is 3.06. The van der Waals surface area contributed by atoms with Crippen LogP contribution in [0.15, 0.2) is 46.3 Å². The van der Waals surface area contributed by atoms with Crippen molar-refractivity contribution in [2.75, 3.05) is 0 Å². The van der Waals surface area contributed by atoms with Gasteiger partial charge in [-0.2, -0.15) is 0 Å². The van der Waals surface area contributed by atoms with Gasteiger partial charge in [-0.15, -0.1) is 0 Å². The highest BCUT2D eigenvalue weighted by atomic mass is 16.3. The second kappa shape index (κ2) is 4.84. The number of aliphatic imine (C=N–C) groups is 1. The van der Waals surface area contributed by atoms with Crippen LogP contribution in [0.4, 0.5) is 0 Å². The number of nitrogens with zero attached hydrogens (tertiary/aromatic N) is 5. The number of nitrogens with two attached hydrogens (primary N) is 1. The number of hydrogen-bond acceptors (Lipinski definition) is 6. The van der Waals surface area contributed by atoms with Crippen LogP contribution in [0.3, 0.4) is 0 Å². The van der Waals surface area contributed by atoms with Crippen molar-refractivity contribution in [1.82, 2.24) is 19.4 Å². The van der Waals surface area contributed by atoms with Gasteiger partial charge in [-0.05, 0) is 6.92 Å². The van der Waals surface area contributed by atoms with Gasteiger partial charge in [0.05, 0.1) is 18.8 Å². The summed E-state index contributed by atoms with van der Waals surface area (Å²) in [5.41, 5.74) is 6.61. The molecule has 2 N–H and O–H groups in total. The number of rotatable bonds is 3. The maximum atomic E-state index is 5.89. The van der Waals surface area contributed by atoms with Crippen molar-refractivity contribution in [2.24, 2.45) is 17.8 Å². The third-order valence-corrected chi connectivity index (χ3v) is 3.34. The summed E-state index contributed by atoms with van der Waals surface area (Å²) in [6.07, 6.45) is 8.65. The molecule has 1 aliphatic rings. The lowest BCUT2D eigenvalue weighted by molar-refractivity contribution is 0.320. The zero-order valence-electron chi connectivity index (χ0n) is 11.4. The van der Waals surface area contributed by atoms with E-state index in [0.717, 1.165) is 11.5 Å². The first-order valence-corrected chi connectivity index (χ1v) is 6.33. The Kier molecular flexibility index (Phi) is 3.02. The zero-order valence-corrected chi connectivity index (χ0v) is 11.4. The molecule has 7 heteroatoms. The number of imidazole rings is 1. The highest BCUT2D eigenvalue weighted by Crippen LogP contribution is 2.18. The lowest BCUT2D eigenvalue weighted by atomic mass is 10.1. The van der Waals surface area contributed by atoms with Gasteiger partial charge in [0.25, 0.3) is 0 Å². The predicted molar refractivity (Wildman–Crippen MR) is 73.5 cm³/mol. The number of aryl methyl sites for hydroxylation is 1. The van der Waals surface area contributed by atoms with Gasteiger partial charge in [-0.25, -0.2) is 15.0 Å². The highest BCUT2D eigenvalue weighted by Gasteiger charge is 2.26. The van der Waals surface area contributed by atoms with Crippen molar-refractivity contribution >= 4 is 5.71 Å². The summed E-state index contributed by atoms with van der Waals surface area (Å²) >= 11 is 0. The quantitative estimate of drug-likeness (QED) is 0.895. The van der Waals surface area contributed by atoms with Gasteiger partial charge in [-0.1, -0.05) is 0 Å². The van der Waals surface area contributed by atoms with Gasteiger partial charge in [-0.3, -0.25) is 0 Å². The van der Waals surface area contributed by atoms with Crippen LogP contribution in [0.2, 0.25) is 0 Å². The smallest absolute Gasteiger partial charge is 0.242 e. The Morgan fingerprint density at radius 1 is 1.35 bits per heavy atom. The number of hydrogen-bond donors (Lipinski definition) is 1. The van der Waals surface area contributed by atoms with Crippen molar-refractivity contribution in [1.29, 1.82) is 0 Å². The van der Waals surface area contributed by atoms with E-state index in [-0.39, 0.29) is 6.04 Å². The first-order valence-electron chi connectivity index (χ1n) is 6.33. The fourth-order valence-electron chi connectivity index (χ4n) is 2.17. The van der Waals surface area contributed by atoms with Crippen LogP contribution in [-0.4, -0.2) is 31.2 Å². The third-order valence-electron chi connectivity index (χ3n) is 3.34. The molecule has 7 nitrogen and oxygen atoms in total. The minimum Gasteiger partial charge on any atom is -0.444 e. The van der Waals surface area contributed by atoms with Crippen molar-refractivity contribution in [2.45, 2.75) is 19.5 Å². The van der Waals surface area contributed by atoms with Gasteiger partial charge >= 0.3 is 0 Å². The van der Waals surface area contributed by atoms with E-state index in [0.29, 0.717) is 18.3 Å². The monoisotopic (exact) mass is 272 g/mol. The summed E-state index contributed by atoms with van der Waals surface area (Å²) in [5, 5.41) is 0. The Hall–Kier alpha value is -2.57. The first kappa shape index (κ1) is 12.5. The van der Waals surface area contributed by atoms with E-state index in [1.54, 1.807) is 12.4 Å². The van der Waals surface area contributed by atoms with Crippen LogP contribution < -0.4 is 5.73 Å². The molecule has 0 fully saturated rings. The Balaban J connectivity index is 1.87. The topological polar surface area (TPSA) is 85.5 Å². The second-order valence-corrected chi connectivity index (χ2v) is 4.69. The van der Waals surface area contributed by atoms with Gasteiger partial charge in [0, 0.05) is 25.6 Å². The molecule has 0 saturated heterocycles. The van der Waals surface area contributed by atoms with Gasteiger partial charge in [0.2, 0.25) is 5.89 Å². The molecule has 3 heterocycles. The molecule has 0 spiro atoms. The molecule has 1 atom stereocenters. The first-order chi connectivity index (χ1) is 9.65. The Bertz CT molecular complexity index is 654. The van der Waals surface area contributed by atoms with Crippen LogP contribution in [0, 0.1) is 0 Å². The number of oxazole rings is 1. The lowest BCUT2D eigenvalue weighted by Gasteiger charge is -2.30. The molecular weight excluding hydrogens is 256 g/mol. The molecule has 104 valence electrons. The van der Waals surface area contributed by atoms with E-state index in [4.69, 9.17) is 10.2 Å². The van der Waals surface area contributed by atoms with Gasteiger partial charge < -0.3 is 19.6 Å². The van der Waals surface area contributed by atoms with Crippen molar-refractivity contribution in [3.05, 3.63) is 48.6 Å². The van der Waals surface area contributed by atoms with E-state index >= 15 is 0 Å². The molecule has 0 amide bonds. The molecule has 20 heavy (non-hydrogen) atoms. The van der Waals surface area contributed by atoms with E-state index in [1.807, 2.05) is 30.9 Å². The molecule has 0 bridgehead atoms. The normalized spacial score (nSPS) is 18.9. The summed E-state index contributed by atoms with van der Waals surface area (Å²) in [5.74, 6) is 1.89. The molecular formula is C13H16N6O. The minimum absolute atomic E-state index is 0.0117. The second-order valence-electron chi connectivity index (χ2n) is 4.69. The SMILES string of the molecule is CC1C(c2ncco2)=NC(N)=CN1Cc1nccn1C. The molecule has 0 saturated carbocycles. The molecule has 1 aliphatic heterocycles. The van der Waals surface area contributed by atoms with Crippen molar-refractivity contribution in [3.63, 3.8) is 0 Å². The largest absolute Gasteiger partial charge is 0.444 e. The van der Waals surface area contributed by atoms with Crippen molar-refractivity contribution in [3.8, 4) is 0 Å². The fourth-order valence-corrected chi connectivity index (χ4v) is 2.17. The minimum atomic E-state index is 0.0117. The summed E-state index contributed by atoms with van der Waals surface area (Å²) in [6.45, 7) is 2.68. The lowest BCUT2D eigenvalue weighted by Crippen LogP contribution is -2.39. The molecule has 3 rings (SSSR count). The van der Waals surface area contributed by atoms with E-state index < -0.39 is 0 Å². The maximum Gasteiger partial charge on any atom is 0.242 e. The average molecular weight is 272 g/mol. The predicted octanol–water partition coefficient (Wildman–Crippen LogP) is 0.859. The van der Waals surface area contributed by atoms with Gasteiger partial charge in [0.15, 0.2) is 0 Å². The fraction of sp³-hybridized carbons (Fsp3) is 0.308. The van der Waals surface area contributed by atoms with Crippen LogP contribution in [-0.2, 0) is 13.6 Å². The zero-order chi connectivity index (χ0) is 14.1. The molecule has 0 aromatic carbocycles. The van der Waals surface area contributed by atoms with Crippen molar-refractivity contribution < 1.29 is 4.42 Å². The highest BCUT2D eigenvalue weighted by molar-refractivity contribution is 6.01. The van der Waals surface area contributed by atoms with E-state index in [9.17, 15) is 0 Å². The molecule has 2 aromatic rings. The summed E-state index contributed by atoms with van der Waals surface area (Å²) < 4.78 is 7.31. The summed E-state index contributed by atoms with van der Waals surface area (Å²) in [6, 6.07) is 0.0117. The molecule has 0 radical (unpaired) electrons. The summed E-state index contributed by atoms with van der Waals surface area (Å²) in [4.78, 5) is 14.9. The van der Waals surface area contributed by atoms with Crippen LogP contribution >= 0.6 is 0 Å². The van der Waals surface area contributed by atoms with Crippen LogP contribution in [0.5, 0.6) is 0 Å². The Morgan fingerprint density at radius 3 is 2.85 bits per heavy atom. The maximum absolute atomic E-state index is 5.89. The molecule has 2 aromatic heterocycles. The molecule has 0 aliphatic carbocycles. The van der Waals surface area contributed by atoms with Crippen LogP contribution in [0.1, 0.15) is 18.6 Å². The molecule has 1 unspecified atom stereocenters. The third kappa shape index (κ3) is 2.18. The van der Waals surface area contributed by atoms with E-state index in [1.165, 1.54) is 6.26 Å². The summed E-state index contributed by atoms with van der Waals surface area (Å²) in [7, 11) is 1.97. The number of aromatic nitrogens is 3. The Labute approximate surface area is 116 Å².